The highest BCUT2D eigenvalue weighted by Crippen LogP contribution is 2.10. The van der Waals surface area contributed by atoms with Gasteiger partial charge in [0.15, 0.2) is 6.61 Å². The van der Waals surface area contributed by atoms with Crippen molar-refractivity contribution in [2.75, 3.05) is 20.2 Å². The van der Waals surface area contributed by atoms with E-state index in [1.165, 1.54) is 7.05 Å². The molecule has 0 aliphatic rings. The number of nitrogens with one attached hydrogen (secondary N) is 2. The second-order valence-corrected chi connectivity index (χ2v) is 4.71. The molecule has 1 aromatic carbocycles. The van der Waals surface area contributed by atoms with Crippen LogP contribution in [0.25, 0.3) is 0 Å². The van der Waals surface area contributed by atoms with Crippen LogP contribution >= 0.6 is 0 Å². The Labute approximate surface area is 123 Å². The molecule has 0 bridgehead atoms. The van der Waals surface area contributed by atoms with Crippen LogP contribution < -0.4 is 10.6 Å². The van der Waals surface area contributed by atoms with Crippen molar-refractivity contribution in [3.05, 3.63) is 34.9 Å². The molecule has 0 aliphatic carbocycles. The fourth-order valence-electron chi connectivity index (χ4n) is 1.60. The minimum Gasteiger partial charge on any atom is -0.455 e. The Kier molecular flexibility index (Phi) is 6.39. The molecule has 2 amide bonds. The van der Waals surface area contributed by atoms with Gasteiger partial charge in [0.25, 0.3) is 5.91 Å². The summed E-state index contributed by atoms with van der Waals surface area (Å²) in [5, 5.41) is 4.71. The summed E-state index contributed by atoms with van der Waals surface area (Å²) in [6.07, 6.45) is 0.115. The zero-order chi connectivity index (χ0) is 15.8. The third kappa shape index (κ3) is 6.07. The second-order valence-electron chi connectivity index (χ2n) is 4.71. The number of ether oxygens (including phenoxy) is 1. The van der Waals surface area contributed by atoms with Crippen molar-refractivity contribution in [3.63, 3.8) is 0 Å². The van der Waals surface area contributed by atoms with E-state index in [1.807, 2.05) is 32.0 Å². The molecule has 6 nitrogen and oxygen atoms in total. The largest absolute Gasteiger partial charge is 0.455 e. The predicted molar refractivity (Wildman–Crippen MR) is 77.7 cm³/mol. The standard InChI is InChI=1S/C15H20N2O4/c1-10-4-5-12(6-11(10)2)7-15(20)21-9-14(19)17-8-13(18)16-3/h4-6H,7-9H2,1-3H3,(H,16,18)(H,17,19). The molecule has 21 heavy (non-hydrogen) atoms. The molecule has 0 radical (unpaired) electrons. The van der Waals surface area contributed by atoms with Gasteiger partial charge in [-0.3, -0.25) is 14.4 Å². The number of benzene rings is 1. The smallest absolute Gasteiger partial charge is 0.310 e. The fourth-order valence-corrected chi connectivity index (χ4v) is 1.60. The van der Waals surface area contributed by atoms with Crippen molar-refractivity contribution in [2.45, 2.75) is 20.3 Å². The summed E-state index contributed by atoms with van der Waals surface area (Å²) >= 11 is 0. The summed E-state index contributed by atoms with van der Waals surface area (Å²) in [6, 6.07) is 5.71. The zero-order valence-corrected chi connectivity index (χ0v) is 12.5. The monoisotopic (exact) mass is 292 g/mol. The van der Waals surface area contributed by atoms with Gasteiger partial charge in [0.05, 0.1) is 13.0 Å². The molecule has 0 fully saturated rings. The molecule has 1 aromatic rings. The lowest BCUT2D eigenvalue weighted by Crippen LogP contribution is -2.37. The number of carbonyl (C=O) groups excluding carboxylic acids is 3. The predicted octanol–water partition coefficient (Wildman–Crippen LogP) is 0.251. The first-order chi connectivity index (χ1) is 9.92. The molecule has 0 spiro atoms. The topological polar surface area (TPSA) is 84.5 Å². The third-order valence-corrected chi connectivity index (χ3v) is 3.01. The van der Waals surface area contributed by atoms with E-state index in [9.17, 15) is 14.4 Å². The van der Waals surface area contributed by atoms with Crippen LogP contribution in [-0.2, 0) is 25.5 Å². The van der Waals surface area contributed by atoms with Gasteiger partial charge in [0.1, 0.15) is 0 Å². The first kappa shape index (κ1) is 16.7. The molecule has 0 heterocycles. The van der Waals surface area contributed by atoms with E-state index in [1.54, 1.807) is 0 Å². The third-order valence-electron chi connectivity index (χ3n) is 3.01. The van der Waals surface area contributed by atoms with Gasteiger partial charge in [-0.25, -0.2) is 0 Å². The van der Waals surface area contributed by atoms with Gasteiger partial charge >= 0.3 is 5.97 Å². The van der Waals surface area contributed by atoms with Gasteiger partial charge in [0.2, 0.25) is 5.91 Å². The molecular weight excluding hydrogens is 272 g/mol. The van der Waals surface area contributed by atoms with Crippen molar-refractivity contribution in [3.8, 4) is 0 Å². The van der Waals surface area contributed by atoms with Crippen molar-refractivity contribution in [1.82, 2.24) is 10.6 Å². The highest BCUT2D eigenvalue weighted by molar-refractivity contribution is 5.86. The van der Waals surface area contributed by atoms with E-state index in [-0.39, 0.29) is 25.5 Å². The van der Waals surface area contributed by atoms with Crippen LogP contribution in [0, 0.1) is 13.8 Å². The van der Waals surface area contributed by atoms with E-state index < -0.39 is 11.9 Å². The molecule has 114 valence electrons. The lowest BCUT2D eigenvalue weighted by Gasteiger charge is -2.07. The molecule has 1 rings (SSSR count). The Bertz CT molecular complexity index is 540. The normalized spacial score (nSPS) is 9.86. The van der Waals surface area contributed by atoms with Crippen LogP contribution in [0.1, 0.15) is 16.7 Å². The van der Waals surface area contributed by atoms with E-state index in [0.717, 1.165) is 16.7 Å². The molecular formula is C15H20N2O4. The fraction of sp³-hybridized carbons (Fsp3) is 0.400. The number of rotatable bonds is 6. The summed E-state index contributed by atoms with van der Waals surface area (Å²) < 4.78 is 4.86. The summed E-state index contributed by atoms with van der Waals surface area (Å²) in [4.78, 5) is 33.9. The number of likely N-dealkylation sites (N-methyl/N-ethyl adjacent to an activating group) is 1. The quantitative estimate of drug-likeness (QED) is 0.736. The van der Waals surface area contributed by atoms with Crippen LogP contribution in [-0.4, -0.2) is 38.0 Å². The lowest BCUT2D eigenvalue weighted by molar-refractivity contribution is -0.147. The molecule has 0 saturated heterocycles. The van der Waals surface area contributed by atoms with Crippen LogP contribution in [0.15, 0.2) is 18.2 Å². The summed E-state index contributed by atoms with van der Waals surface area (Å²) in [6.45, 7) is 3.44. The minimum atomic E-state index is -0.507. The van der Waals surface area contributed by atoms with Crippen molar-refractivity contribution in [2.24, 2.45) is 0 Å². The average molecular weight is 292 g/mol. The molecule has 0 aromatic heterocycles. The van der Waals surface area contributed by atoms with Gasteiger partial charge in [0, 0.05) is 7.05 Å². The van der Waals surface area contributed by atoms with Crippen LogP contribution in [0.2, 0.25) is 0 Å². The minimum absolute atomic E-state index is 0.115. The van der Waals surface area contributed by atoms with Crippen molar-refractivity contribution in [1.29, 1.82) is 0 Å². The number of hydrogen-bond acceptors (Lipinski definition) is 4. The van der Waals surface area contributed by atoms with Gasteiger partial charge in [-0.1, -0.05) is 18.2 Å². The summed E-state index contributed by atoms with van der Waals surface area (Å²) in [5.41, 5.74) is 3.10. The molecule has 6 heteroatoms. The second kappa shape index (κ2) is 8.04. The molecule has 2 N–H and O–H groups in total. The van der Waals surface area contributed by atoms with Gasteiger partial charge < -0.3 is 15.4 Å². The zero-order valence-electron chi connectivity index (χ0n) is 12.5. The Morgan fingerprint density at radius 3 is 2.43 bits per heavy atom. The Morgan fingerprint density at radius 2 is 1.81 bits per heavy atom. The van der Waals surface area contributed by atoms with Gasteiger partial charge in [-0.2, -0.15) is 0 Å². The van der Waals surface area contributed by atoms with Crippen LogP contribution in [0.5, 0.6) is 0 Å². The number of esters is 1. The van der Waals surface area contributed by atoms with Crippen LogP contribution in [0.4, 0.5) is 0 Å². The molecule has 0 saturated carbocycles. The maximum absolute atomic E-state index is 11.6. The van der Waals surface area contributed by atoms with Gasteiger partial charge in [-0.05, 0) is 30.5 Å². The van der Waals surface area contributed by atoms with Crippen LogP contribution in [0.3, 0.4) is 0 Å². The molecule has 0 aliphatic heterocycles. The highest BCUT2D eigenvalue weighted by Gasteiger charge is 2.09. The summed E-state index contributed by atoms with van der Waals surface area (Å²) in [7, 11) is 1.47. The molecule has 0 unspecified atom stereocenters. The Hall–Kier alpha value is -2.37. The maximum atomic E-state index is 11.6. The van der Waals surface area contributed by atoms with Crippen molar-refractivity contribution >= 4 is 17.8 Å². The lowest BCUT2D eigenvalue weighted by atomic mass is 10.0. The number of aryl methyl sites for hydroxylation is 2. The van der Waals surface area contributed by atoms with Gasteiger partial charge in [-0.15, -0.1) is 0 Å². The van der Waals surface area contributed by atoms with Crippen molar-refractivity contribution < 1.29 is 19.1 Å². The Morgan fingerprint density at radius 1 is 1.10 bits per heavy atom. The van der Waals surface area contributed by atoms with E-state index in [2.05, 4.69) is 10.6 Å². The number of amides is 2. The first-order valence-electron chi connectivity index (χ1n) is 6.61. The SMILES string of the molecule is CNC(=O)CNC(=O)COC(=O)Cc1ccc(C)c(C)c1. The maximum Gasteiger partial charge on any atom is 0.310 e. The average Bonchev–Trinajstić information content (AvgIpc) is 2.46. The molecule has 0 atom stereocenters. The first-order valence-corrected chi connectivity index (χ1v) is 6.61. The highest BCUT2D eigenvalue weighted by atomic mass is 16.5. The van der Waals surface area contributed by atoms with E-state index >= 15 is 0 Å². The van der Waals surface area contributed by atoms with E-state index in [4.69, 9.17) is 4.74 Å². The number of hydrogen-bond donors (Lipinski definition) is 2. The summed E-state index contributed by atoms with van der Waals surface area (Å²) in [5.74, 6) is -1.30. The number of carbonyl (C=O) groups is 3. The Balaban J connectivity index is 2.35. The van der Waals surface area contributed by atoms with E-state index in [0.29, 0.717) is 0 Å².